The number of hydrogen-bond acceptors (Lipinski definition) is 1. The molecule has 0 unspecified atom stereocenters. The third-order valence-electron chi connectivity index (χ3n) is 2.14. The fourth-order valence-corrected chi connectivity index (χ4v) is 1.13. The summed E-state index contributed by atoms with van der Waals surface area (Å²) in [6, 6.07) is 0. The number of carbonyl (C=O) groups excluding carboxylic acids is 1. The Hall–Kier alpha value is -0.770. The Labute approximate surface area is 61.8 Å². The van der Waals surface area contributed by atoms with Crippen LogP contribution in [0.4, 0.5) is 0 Å². The van der Waals surface area contributed by atoms with Gasteiger partial charge in [-0.15, -0.1) is 12.3 Å². The summed E-state index contributed by atoms with van der Waals surface area (Å²) in [4.78, 5) is 10.4. The molecule has 0 heterocycles. The van der Waals surface area contributed by atoms with Gasteiger partial charge in [0, 0.05) is 11.8 Å². The van der Waals surface area contributed by atoms with Gasteiger partial charge in [0.15, 0.2) is 0 Å². The van der Waals surface area contributed by atoms with Gasteiger partial charge in [-0.3, -0.25) is 0 Å². The predicted molar refractivity (Wildman–Crippen MR) is 40.4 cm³/mol. The third-order valence-corrected chi connectivity index (χ3v) is 2.14. The Morgan fingerprint density at radius 1 is 1.60 bits per heavy atom. The van der Waals surface area contributed by atoms with Gasteiger partial charge >= 0.3 is 0 Å². The molecule has 1 aliphatic rings. The molecule has 0 N–H and O–H groups in total. The van der Waals surface area contributed by atoms with Crippen molar-refractivity contribution in [1.82, 2.24) is 0 Å². The highest BCUT2D eigenvalue weighted by Gasteiger charge is 2.41. The number of carbonyl (C=O) groups is 1. The molecular formula is C9H12O. The van der Waals surface area contributed by atoms with Crippen LogP contribution >= 0.6 is 0 Å². The molecule has 1 heteroatoms. The van der Waals surface area contributed by atoms with E-state index >= 15 is 0 Å². The van der Waals surface area contributed by atoms with Crippen molar-refractivity contribution < 1.29 is 4.79 Å². The van der Waals surface area contributed by atoms with E-state index in [9.17, 15) is 4.79 Å². The molecule has 54 valence electrons. The molecule has 1 fully saturated rings. The molecule has 1 aliphatic carbocycles. The average molecular weight is 136 g/mol. The van der Waals surface area contributed by atoms with Crippen LogP contribution in [0.1, 0.15) is 32.1 Å². The van der Waals surface area contributed by atoms with Gasteiger partial charge in [0.05, 0.1) is 0 Å². The van der Waals surface area contributed by atoms with Crippen LogP contribution in [0.2, 0.25) is 0 Å². The highest BCUT2D eigenvalue weighted by Crippen LogP contribution is 2.47. The third kappa shape index (κ3) is 1.60. The molecule has 0 spiro atoms. The van der Waals surface area contributed by atoms with Gasteiger partial charge in [0.25, 0.3) is 0 Å². The van der Waals surface area contributed by atoms with Crippen molar-refractivity contribution in [3.63, 3.8) is 0 Å². The second-order valence-electron chi connectivity index (χ2n) is 3.04. The normalized spacial score (nSPS) is 19.5. The lowest BCUT2D eigenvalue weighted by Crippen LogP contribution is -2.00. The molecule has 0 aromatic heterocycles. The van der Waals surface area contributed by atoms with Crippen molar-refractivity contribution >= 4 is 6.29 Å². The highest BCUT2D eigenvalue weighted by molar-refractivity contribution is 5.63. The fourth-order valence-electron chi connectivity index (χ4n) is 1.13. The van der Waals surface area contributed by atoms with Crippen LogP contribution in [0.15, 0.2) is 0 Å². The van der Waals surface area contributed by atoms with E-state index < -0.39 is 0 Å². The summed E-state index contributed by atoms with van der Waals surface area (Å²) in [5.74, 6) is 2.58. The molecule has 1 rings (SSSR count). The second-order valence-corrected chi connectivity index (χ2v) is 3.04. The topological polar surface area (TPSA) is 17.1 Å². The monoisotopic (exact) mass is 136 g/mol. The zero-order valence-electron chi connectivity index (χ0n) is 6.10. The highest BCUT2D eigenvalue weighted by atomic mass is 16.1. The molecule has 0 radical (unpaired) electrons. The van der Waals surface area contributed by atoms with Crippen LogP contribution in [0.3, 0.4) is 0 Å². The van der Waals surface area contributed by atoms with Crippen LogP contribution in [0.25, 0.3) is 0 Å². The minimum Gasteiger partial charge on any atom is -0.303 e. The van der Waals surface area contributed by atoms with Gasteiger partial charge < -0.3 is 4.79 Å². The van der Waals surface area contributed by atoms with Crippen LogP contribution in [0, 0.1) is 17.8 Å². The summed E-state index contributed by atoms with van der Waals surface area (Å²) in [5.41, 5.74) is 0.0663. The minimum atomic E-state index is 0.0663. The average Bonchev–Trinajstić information content (AvgIpc) is 2.70. The molecule has 0 saturated heterocycles. The second kappa shape index (κ2) is 2.88. The Balaban J connectivity index is 2.14. The van der Waals surface area contributed by atoms with E-state index in [1.165, 1.54) is 0 Å². The maximum atomic E-state index is 10.4. The lowest BCUT2D eigenvalue weighted by atomic mass is 10.0. The first kappa shape index (κ1) is 7.34. The van der Waals surface area contributed by atoms with Gasteiger partial charge in [0.2, 0.25) is 0 Å². The molecule has 1 saturated carbocycles. The summed E-state index contributed by atoms with van der Waals surface area (Å²) in [7, 11) is 0. The fraction of sp³-hybridized carbons (Fsp3) is 0.667. The summed E-state index contributed by atoms with van der Waals surface area (Å²) in [6.45, 7) is 0. The first-order valence-corrected chi connectivity index (χ1v) is 3.73. The predicted octanol–water partition coefficient (Wildman–Crippen LogP) is 1.77. The van der Waals surface area contributed by atoms with Crippen molar-refractivity contribution in [3.05, 3.63) is 0 Å². The van der Waals surface area contributed by atoms with Gasteiger partial charge in [-0.1, -0.05) is 0 Å². The van der Waals surface area contributed by atoms with Crippen LogP contribution in [-0.4, -0.2) is 6.29 Å². The van der Waals surface area contributed by atoms with Crippen molar-refractivity contribution in [2.45, 2.75) is 32.1 Å². The van der Waals surface area contributed by atoms with E-state index in [1.54, 1.807) is 0 Å². The smallest absolute Gasteiger partial charge is 0.126 e. The standard InChI is InChI=1S/C9H12O/c1-2-3-4-5-9(8-10)6-7-9/h1,8H,3-7H2. The number of rotatable bonds is 4. The molecule has 0 amide bonds. The Kier molecular flexibility index (Phi) is 2.11. The van der Waals surface area contributed by atoms with Gasteiger partial charge in [-0.05, 0) is 25.7 Å². The van der Waals surface area contributed by atoms with E-state index in [0.29, 0.717) is 0 Å². The van der Waals surface area contributed by atoms with E-state index in [4.69, 9.17) is 6.42 Å². The van der Waals surface area contributed by atoms with Crippen LogP contribution in [0.5, 0.6) is 0 Å². The zero-order valence-corrected chi connectivity index (χ0v) is 6.10. The van der Waals surface area contributed by atoms with Gasteiger partial charge in [-0.25, -0.2) is 0 Å². The van der Waals surface area contributed by atoms with E-state index in [2.05, 4.69) is 5.92 Å². The van der Waals surface area contributed by atoms with E-state index in [0.717, 1.165) is 38.4 Å². The quantitative estimate of drug-likeness (QED) is 0.327. The van der Waals surface area contributed by atoms with E-state index in [1.807, 2.05) is 0 Å². The molecule has 0 aromatic rings. The number of terminal acetylenes is 1. The first-order chi connectivity index (χ1) is 4.83. The lowest BCUT2D eigenvalue weighted by Gasteiger charge is -2.02. The summed E-state index contributed by atoms with van der Waals surface area (Å²) in [6.07, 6.45) is 11.2. The molecule has 0 bridgehead atoms. The minimum absolute atomic E-state index is 0.0663. The molecule has 0 atom stereocenters. The SMILES string of the molecule is C#CCCCC1(C=O)CC1. The Bertz CT molecular complexity index is 160. The lowest BCUT2D eigenvalue weighted by molar-refractivity contribution is -0.112. The molecule has 0 aromatic carbocycles. The summed E-state index contributed by atoms with van der Waals surface area (Å²) >= 11 is 0. The molecular weight excluding hydrogens is 124 g/mol. The van der Waals surface area contributed by atoms with Crippen LogP contribution < -0.4 is 0 Å². The maximum Gasteiger partial charge on any atom is 0.126 e. The van der Waals surface area contributed by atoms with Crippen molar-refractivity contribution in [1.29, 1.82) is 0 Å². The van der Waals surface area contributed by atoms with Crippen molar-refractivity contribution in [2.75, 3.05) is 0 Å². The summed E-state index contributed by atoms with van der Waals surface area (Å²) < 4.78 is 0. The van der Waals surface area contributed by atoms with Gasteiger partial charge in [0.1, 0.15) is 6.29 Å². The first-order valence-electron chi connectivity index (χ1n) is 3.73. The van der Waals surface area contributed by atoms with Crippen LogP contribution in [-0.2, 0) is 4.79 Å². The van der Waals surface area contributed by atoms with Crippen molar-refractivity contribution in [2.24, 2.45) is 5.41 Å². The molecule has 10 heavy (non-hydrogen) atoms. The Morgan fingerprint density at radius 3 is 2.70 bits per heavy atom. The van der Waals surface area contributed by atoms with Crippen molar-refractivity contribution in [3.8, 4) is 12.3 Å². The maximum absolute atomic E-state index is 10.4. The van der Waals surface area contributed by atoms with E-state index in [-0.39, 0.29) is 5.41 Å². The number of aldehydes is 1. The molecule has 0 aliphatic heterocycles. The number of unbranched alkanes of at least 4 members (excludes halogenated alkanes) is 1. The largest absolute Gasteiger partial charge is 0.303 e. The Morgan fingerprint density at radius 2 is 2.30 bits per heavy atom. The van der Waals surface area contributed by atoms with Gasteiger partial charge in [-0.2, -0.15) is 0 Å². The number of hydrogen-bond donors (Lipinski definition) is 0. The zero-order chi connectivity index (χ0) is 7.45. The molecule has 1 nitrogen and oxygen atoms in total. The summed E-state index contributed by atoms with van der Waals surface area (Å²) in [5, 5.41) is 0.